The van der Waals surface area contributed by atoms with Crippen molar-refractivity contribution in [1.82, 2.24) is 20.0 Å². The zero-order valence-electron chi connectivity index (χ0n) is 10.3. The van der Waals surface area contributed by atoms with Gasteiger partial charge in [0.1, 0.15) is 0 Å². The van der Waals surface area contributed by atoms with E-state index in [1.54, 1.807) is 4.68 Å². The molecule has 2 atom stereocenters. The number of aromatic nitrogens is 2. The number of aryl methyl sites for hydroxylation is 2. The lowest BCUT2D eigenvalue weighted by Gasteiger charge is -2.16. The van der Waals surface area contributed by atoms with E-state index in [9.17, 15) is 4.79 Å². The number of hydrogen-bond donors (Lipinski definition) is 1. The minimum atomic E-state index is 0.131. The molecule has 1 N–H and O–H groups in total. The van der Waals surface area contributed by atoms with Crippen LogP contribution in [0.2, 0.25) is 0 Å². The molecule has 2 saturated heterocycles. The molecule has 17 heavy (non-hydrogen) atoms. The summed E-state index contributed by atoms with van der Waals surface area (Å²) in [5, 5.41) is 7.69. The van der Waals surface area contributed by atoms with E-state index < -0.39 is 0 Å². The quantitative estimate of drug-likeness (QED) is 0.753. The summed E-state index contributed by atoms with van der Waals surface area (Å²) in [6, 6.07) is 0.510. The highest BCUT2D eigenvalue weighted by Crippen LogP contribution is 2.26. The maximum absolute atomic E-state index is 12.4. The second-order valence-electron chi connectivity index (χ2n) is 5.12. The molecule has 3 heterocycles. The summed E-state index contributed by atoms with van der Waals surface area (Å²) >= 11 is 0. The number of nitrogens with zero attached hydrogens (tertiary/aromatic N) is 3. The summed E-state index contributed by atoms with van der Waals surface area (Å²) in [6.07, 6.45) is 3.01. The Morgan fingerprint density at radius 1 is 1.53 bits per heavy atom. The number of likely N-dealkylation sites (tertiary alicyclic amines) is 1. The number of rotatable bonds is 1. The molecule has 5 heteroatoms. The van der Waals surface area contributed by atoms with Crippen molar-refractivity contribution in [2.45, 2.75) is 19.4 Å². The van der Waals surface area contributed by atoms with E-state index in [1.165, 1.54) is 6.42 Å². The van der Waals surface area contributed by atoms with Crippen molar-refractivity contribution in [2.75, 3.05) is 19.6 Å². The lowest BCUT2D eigenvalue weighted by Crippen LogP contribution is -2.34. The van der Waals surface area contributed by atoms with Crippen molar-refractivity contribution in [2.24, 2.45) is 13.0 Å². The highest BCUT2D eigenvalue weighted by Gasteiger charge is 2.38. The van der Waals surface area contributed by atoms with Crippen molar-refractivity contribution in [1.29, 1.82) is 0 Å². The van der Waals surface area contributed by atoms with Crippen LogP contribution in [0.25, 0.3) is 0 Å². The van der Waals surface area contributed by atoms with Gasteiger partial charge in [-0.2, -0.15) is 5.10 Å². The molecule has 1 aromatic rings. The van der Waals surface area contributed by atoms with E-state index >= 15 is 0 Å². The Labute approximate surface area is 101 Å². The smallest absolute Gasteiger partial charge is 0.257 e. The molecule has 1 aromatic heterocycles. The Bertz CT molecular complexity index is 441. The van der Waals surface area contributed by atoms with Crippen molar-refractivity contribution >= 4 is 5.91 Å². The van der Waals surface area contributed by atoms with Gasteiger partial charge in [0.25, 0.3) is 5.91 Å². The van der Waals surface area contributed by atoms with Crippen molar-refractivity contribution in [3.05, 3.63) is 17.5 Å². The van der Waals surface area contributed by atoms with Crippen molar-refractivity contribution < 1.29 is 4.79 Å². The SMILES string of the molecule is Cc1nn(C)cc1C(=O)N1C[C@@H]2CCN[C@@H]2C1. The summed E-state index contributed by atoms with van der Waals surface area (Å²) < 4.78 is 1.71. The molecule has 0 radical (unpaired) electrons. The van der Waals surface area contributed by atoms with E-state index in [4.69, 9.17) is 0 Å². The van der Waals surface area contributed by atoms with Gasteiger partial charge >= 0.3 is 0 Å². The normalized spacial score (nSPS) is 27.5. The number of hydrogen-bond acceptors (Lipinski definition) is 3. The number of nitrogens with one attached hydrogen (secondary N) is 1. The molecule has 0 spiro atoms. The van der Waals surface area contributed by atoms with Gasteiger partial charge in [-0.1, -0.05) is 0 Å². The Morgan fingerprint density at radius 2 is 2.35 bits per heavy atom. The van der Waals surface area contributed by atoms with Crippen molar-refractivity contribution in [3.63, 3.8) is 0 Å². The lowest BCUT2D eigenvalue weighted by atomic mass is 10.1. The van der Waals surface area contributed by atoms with Gasteiger partial charge < -0.3 is 10.2 Å². The molecule has 0 aromatic carbocycles. The molecule has 5 nitrogen and oxygen atoms in total. The summed E-state index contributed by atoms with van der Waals surface area (Å²) in [5.74, 6) is 0.780. The third-order valence-corrected chi connectivity index (χ3v) is 3.89. The minimum Gasteiger partial charge on any atom is -0.337 e. The van der Waals surface area contributed by atoms with E-state index in [-0.39, 0.29) is 5.91 Å². The summed E-state index contributed by atoms with van der Waals surface area (Å²) in [6.45, 7) is 4.73. The molecule has 2 aliphatic rings. The van der Waals surface area contributed by atoms with E-state index in [1.807, 2.05) is 25.1 Å². The first kappa shape index (κ1) is 10.8. The molecule has 0 aliphatic carbocycles. The first-order valence-corrected chi connectivity index (χ1v) is 6.18. The van der Waals surface area contributed by atoms with Crippen LogP contribution >= 0.6 is 0 Å². The fourth-order valence-corrected chi connectivity index (χ4v) is 2.99. The third kappa shape index (κ3) is 1.74. The van der Waals surface area contributed by atoms with Crippen LogP contribution in [0.3, 0.4) is 0 Å². The van der Waals surface area contributed by atoms with Gasteiger partial charge in [-0.3, -0.25) is 9.48 Å². The molecule has 3 rings (SSSR count). The number of amides is 1. The topological polar surface area (TPSA) is 50.2 Å². The Balaban J connectivity index is 1.77. The highest BCUT2D eigenvalue weighted by molar-refractivity contribution is 5.95. The zero-order chi connectivity index (χ0) is 12.0. The summed E-state index contributed by atoms with van der Waals surface area (Å²) in [7, 11) is 1.85. The predicted octanol–water partition coefficient (Wildman–Crippen LogP) is 0.162. The van der Waals surface area contributed by atoms with Crippen LogP contribution in [-0.4, -0.2) is 46.3 Å². The van der Waals surface area contributed by atoms with Crippen LogP contribution in [0.5, 0.6) is 0 Å². The molecule has 0 saturated carbocycles. The van der Waals surface area contributed by atoms with Gasteiger partial charge in [0.15, 0.2) is 0 Å². The van der Waals surface area contributed by atoms with Crippen LogP contribution in [0.1, 0.15) is 22.5 Å². The third-order valence-electron chi connectivity index (χ3n) is 3.89. The van der Waals surface area contributed by atoms with Gasteiger partial charge in [-0.05, 0) is 25.8 Å². The zero-order valence-corrected chi connectivity index (χ0v) is 10.3. The van der Waals surface area contributed by atoms with E-state index in [2.05, 4.69) is 10.4 Å². The Kier molecular flexibility index (Phi) is 2.43. The van der Waals surface area contributed by atoms with Gasteiger partial charge in [0.05, 0.1) is 11.3 Å². The largest absolute Gasteiger partial charge is 0.337 e. The van der Waals surface area contributed by atoms with Crippen LogP contribution in [0.15, 0.2) is 6.20 Å². The van der Waals surface area contributed by atoms with Crippen LogP contribution in [0, 0.1) is 12.8 Å². The maximum Gasteiger partial charge on any atom is 0.257 e. The fourth-order valence-electron chi connectivity index (χ4n) is 2.99. The van der Waals surface area contributed by atoms with Crippen LogP contribution < -0.4 is 5.32 Å². The first-order chi connectivity index (χ1) is 8.15. The Morgan fingerprint density at radius 3 is 3.00 bits per heavy atom. The predicted molar refractivity (Wildman–Crippen MR) is 63.7 cm³/mol. The maximum atomic E-state index is 12.4. The molecular formula is C12H18N4O. The standard InChI is InChI=1S/C12H18N4O/c1-8-10(6-15(2)14-8)12(17)16-5-9-3-4-13-11(9)7-16/h6,9,11,13H,3-5,7H2,1-2H3/t9-,11+/m0/s1. The number of carbonyl (C=O) groups is 1. The summed E-state index contributed by atoms with van der Waals surface area (Å²) in [5.41, 5.74) is 1.56. The fraction of sp³-hybridized carbons (Fsp3) is 0.667. The molecule has 92 valence electrons. The van der Waals surface area contributed by atoms with E-state index in [0.29, 0.717) is 12.0 Å². The number of fused-ring (bicyclic) bond motifs is 1. The van der Waals surface area contributed by atoms with Gasteiger partial charge in [0.2, 0.25) is 0 Å². The van der Waals surface area contributed by atoms with Crippen LogP contribution in [-0.2, 0) is 7.05 Å². The monoisotopic (exact) mass is 234 g/mol. The number of carbonyl (C=O) groups excluding carboxylic acids is 1. The molecule has 2 fully saturated rings. The van der Waals surface area contributed by atoms with E-state index in [0.717, 1.165) is 30.9 Å². The molecule has 1 amide bonds. The Hall–Kier alpha value is -1.36. The second kappa shape index (κ2) is 3.84. The molecule has 0 unspecified atom stereocenters. The van der Waals surface area contributed by atoms with Gasteiger partial charge in [0, 0.05) is 32.4 Å². The second-order valence-corrected chi connectivity index (χ2v) is 5.12. The van der Waals surface area contributed by atoms with Crippen LogP contribution in [0.4, 0.5) is 0 Å². The highest BCUT2D eigenvalue weighted by atomic mass is 16.2. The van der Waals surface area contributed by atoms with Crippen molar-refractivity contribution in [3.8, 4) is 0 Å². The van der Waals surface area contributed by atoms with Gasteiger partial charge in [-0.25, -0.2) is 0 Å². The lowest BCUT2D eigenvalue weighted by molar-refractivity contribution is 0.0782. The first-order valence-electron chi connectivity index (χ1n) is 6.18. The molecular weight excluding hydrogens is 216 g/mol. The average molecular weight is 234 g/mol. The minimum absolute atomic E-state index is 0.131. The van der Waals surface area contributed by atoms with Gasteiger partial charge in [-0.15, -0.1) is 0 Å². The molecule has 0 bridgehead atoms. The summed E-state index contributed by atoms with van der Waals surface area (Å²) in [4.78, 5) is 14.3. The molecule has 2 aliphatic heterocycles. The average Bonchev–Trinajstić information content (AvgIpc) is 2.90.